The molecule has 36 nitrogen and oxygen atoms in total. The van der Waals surface area contributed by atoms with E-state index in [1.807, 2.05) is 62.4 Å². The summed E-state index contributed by atoms with van der Waals surface area (Å²) in [4.78, 5) is 171. The van der Waals surface area contributed by atoms with Crippen LogP contribution in [0.4, 0.5) is 45.5 Å². The van der Waals surface area contributed by atoms with Crippen molar-refractivity contribution in [2.24, 2.45) is 17.8 Å². The third kappa shape index (κ3) is 37.8. The van der Waals surface area contributed by atoms with Crippen molar-refractivity contribution in [2.45, 2.75) is 150 Å². The van der Waals surface area contributed by atoms with Gasteiger partial charge in [0.2, 0.25) is 17.7 Å². The third-order valence-corrected chi connectivity index (χ3v) is 23.8. The zero-order chi connectivity index (χ0) is 109. The minimum absolute atomic E-state index is 0.0515. The number of allylic oxidation sites excluding steroid dienone is 4. The number of amides is 3. The highest BCUT2D eigenvalue weighted by atomic mass is 79.9. The van der Waals surface area contributed by atoms with Crippen LogP contribution in [0, 0.1) is 55.0 Å². The van der Waals surface area contributed by atoms with E-state index >= 15 is 0 Å². The molecule has 4 bridgehead atoms. The number of nitrogens with one attached hydrogen (secondary N) is 3. The van der Waals surface area contributed by atoms with E-state index in [2.05, 4.69) is 125 Å². The van der Waals surface area contributed by atoms with Crippen molar-refractivity contribution >= 4 is 147 Å². The van der Waals surface area contributed by atoms with E-state index in [1.165, 1.54) is 42.5 Å². The van der Waals surface area contributed by atoms with Gasteiger partial charge in [-0.15, -0.1) is 26.3 Å². The lowest BCUT2D eigenvalue weighted by Gasteiger charge is -2.20. The van der Waals surface area contributed by atoms with Gasteiger partial charge in [0, 0.05) is 138 Å². The average molecular weight is 2230 g/mol. The number of benzene rings is 4. The maximum atomic E-state index is 12.6. The number of halogens is 3. The number of carbonyl (C=O) groups is 9. The quantitative estimate of drug-likeness (QED) is 0.00697. The fourth-order valence-corrected chi connectivity index (χ4v) is 15.9. The van der Waals surface area contributed by atoms with Crippen LogP contribution in [0.3, 0.4) is 0 Å². The summed E-state index contributed by atoms with van der Waals surface area (Å²) in [7, 11) is 0. The fraction of sp³-hybridized carbons (Fsp3) is 0.291. The first kappa shape index (κ1) is 120. The van der Waals surface area contributed by atoms with Gasteiger partial charge in [-0.05, 0) is 225 Å². The minimum Gasteiger partial charge on any atom is -0.466 e. The molecule has 4 aromatic carbocycles. The number of pyridine rings is 7. The second-order valence-electron chi connectivity index (χ2n) is 33.0. The number of carbonyl (C=O) groups excluding carboxylic acids is 9. The number of non-ortho nitro benzene ring substituents is 3. The predicted octanol–water partition coefficient (Wildman–Crippen LogP) is 22.8. The molecule has 0 saturated carbocycles. The number of anilines is 5. The maximum Gasteiger partial charge on any atom is 0.315 e. The molecule has 0 aliphatic carbocycles. The van der Waals surface area contributed by atoms with Gasteiger partial charge in [0.15, 0.2) is 0 Å². The molecule has 0 spiro atoms. The van der Waals surface area contributed by atoms with Gasteiger partial charge in [-0.1, -0.05) is 118 Å². The molecule has 8 unspecified atom stereocenters. The van der Waals surface area contributed by atoms with Crippen LogP contribution in [0.2, 0.25) is 0 Å². The van der Waals surface area contributed by atoms with Gasteiger partial charge in [0.25, 0.3) is 17.1 Å². The predicted molar refractivity (Wildman–Crippen MR) is 581 cm³/mol. The van der Waals surface area contributed by atoms with Crippen LogP contribution < -0.4 is 27.4 Å². The molecule has 7 N–H and O–H groups in total. The molecular formula is C110H120Br3N15O21. The lowest BCUT2D eigenvalue weighted by molar-refractivity contribution is -0.385. The highest BCUT2D eigenvalue weighted by Gasteiger charge is 2.32. The second kappa shape index (κ2) is 62.2. The lowest BCUT2D eigenvalue weighted by Crippen LogP contribution is -2.22. The van der Waals surface area contributed by atoms with Crippen molar-refractivity contribution < 1.29 is 86.3 Å². The summed E-state index contributed by atoms with van der Waals surface area (Å²) in [5.41, 5.74) is 23.9. The smallest absolute Gasteiger partial charge is 0.315 e. The van der Waals surface area contributed by atoms with Gasteiger partial charge in [0.1, 0.15) is 23.7 Å². The molecule has 0 fully saturated rings. The number of rotatable bonds is 30. The fourth-order valence-electron chi connectivity index (χ4n) is 14.7. The van der Waals surface area contributed by atoms with E-state index < -0.39 is 56.2 Å². The monoisotopic (exact) mass is 2220 g/mol. The summed E-state index contributed by atoms with van der Waals surface area (Å²) in [5.74, 6) is -6.39. The SMILES string of the molecule is C=CCC(C(=O)OCC)c1cc(-c2ccc([N+](=O)[O-])cc2N)ccn1.C=CCC(C(=O)OCC)c1cc(-c2ccc([N+](=O)[O-])cc2NC(=O)C(C)C=C)ccn1.C=CCC(C(=O)OCC)c1cc(Br)ccn1.CCOC(=O)C1C/C=C/C(C)C(=O)Nc2cc([N+](=O)[O-])ccc2-c2ccnc1c2.CCOC(=O)C1CCCC(C)C(=O)Nc2cc(N)ccc2-c2ccnc1c2.CCOC(=O)Cc1cc(Br)ccn1.Cc1cc(Br)ccn1. The standard InChI is InChI=1S/C23H25N3O5.C21H21N3O5.C21H25N3O3.C18H19N3O4.C12H14BrNO2.C9H10BrNO2.C6H6BrN/c1-5-8-19(23(28)31-7-3)20-13-16(11-12-24-20)18-10-9-17(26(29)30)14-21(18)25-22(27)15(4)6-2;1-3-29-21(26)17-6-4-5-13(2)20(25)23-19-12-15(24(27)28)7-8-16(19)14-9-10-22-18(17)11-14;1-3-27-21(26)17-6-4-5-13(2)20(25)24-19-12-15(22)7-8-16(19)14-9-10-23-18(17)11-14;1-3-5-15(18(22)25-4-2)17-10-12(8-9-20-17)14-7-6-13(21(23)24)11-16(14)19;1-3-5-10(12(15)16-4-2)11-8-9(13)6-7-14-11;1-2-13-9(12)6-8-5-7(10)3-4-11-8;1-5-4-6(7)2-3-8-5/h5-6,9-15,19H,1-2,7-8H2,3-4H3,(H,25,27);4-5,7-13,17H,3,6H2,1-2H3,(H,23,25);7-13,17H,3-6,22H2,1-2H3,(H,24,25);3,6-11,15H,1,4-5,19H2,2H3;3,6-8,10H,1,4-5H2,2H3;3-5H,2,6H2,1H3;2-4H,1H3/b;5-4+;;;;;. The van der Waals surface area contributed by atoms with E-state index in [4.69, 9.17) is 39.9 Å². The molecule has 7 aromatic heterocycles. The number of esters is 6. The van der Waals surface area contributed by atoms with Crippen LogP contribution in [0.1, 0.15) is 177 Å². The summed E-state index contributed by atoms with van der Waals surface area (Å²) >= 11 is 9.97. The van der Waals surface area contributed by atoms with E-state index in [9.17, 15) is 73.5 Å². The van der Waals surface area contributed by atoms with Crippen LogP contribution >= 0.6 is 47.8 Å². The summed E-state index contributed by atoms with van der Waals surface area (Å²) in [5, 5.41) is 41.8. The summed E-state index contributed by atoms with van der Waals surface area (Å²) in [6.07, 6.45) is 25.2. The number of aromatic nitrogens is 7. The van der Waals surface area contributed by atoms with Crippen molar-refractivity contribution in [1.29, 1.82) is 0 Å². The maximum absolute atomic E-state index is 12.6. The zero-order valence-electron chi connectivity index (χ0n) is 84.2. The Morgan fingerprint density at radius 2 is 0.886 bits per heavy atom. The molecule has 2 aliphatic heterocycles. The molecular weight excluding hydrogens is 2110 g/mol. The Hall–Kier alpha value is -15.9. The molecule has 11 aromatic rings. The Bertz CT molecular complexity index is 6570. The van der Waals surface area contributed by atoms with Gasteiger partial charge < -0.3 is 55.8 Å². The average Bonchev–Trinajstić information content (AvgIpc) is 0.794. The van der Waals surface area contributed by atoms with Crippen molar-refractivity contribution in [3.05, 3.63) is 347 Å². The number of ether oxygens (including phenoxy) is 6. The second-order valence-corrected chi connectivity index (χ2v) is 35.8. The number of nitrogens with two attached hydrogens (primary N) is 2. The number of nitrogen functional groups attached to an aromatic ring is 2. The molecule has 0 saturated heterocycles. The first-order chi connectivity index (χ1) is 71.4. The van der Waals surface area contributed by atoms with E-state index in [1.54, 1.807) is 202 Å². The van der Waals surface area contributed by atoms with Crippen molar-refractivity contribution in [2.75, 3.05) is 67.1 Å². The Morgan fingerprint density at radius 3 is 1.36 bits per heavy atom. The van der Waals surface area contributed by atoms with Gasteiger partial charge in [-0.2, -0.15) is 0 Å². The largest absolute Gasteiger partial charge is 0.466 e. The Balaban J connectivity index is 0.000000242. The number of nitro groups is 3. The third-order valence-electron chi connectivity index (χ3n) is 22.3. The Kier molecular flexibility index (Phi) is 50.1. The summed E-state index contributed by atoms with van der Waals surface area (Å²) < 4.78 is 33.4. The Morgan fingerprint density at radius 1 is 0.470 bits per heavy atom. The van der Waals surface area contributed by atoms with Crippen molar-refractivity contribution in [3.63, 3.8) is 0 Å². The van der Waals surface area contributed by atoms with Gasteiger partial charge in [0.05, 0.1) is 130 Å². The highest BCUT2D eigenvalue weighted by molar-refractivity contribution is 9.11. The van der Waals surface area contributed by atoms with Gasteiger partial charge >= 0.3 is 35.8 Å². The van der Waals surface area contributed by atoms with E-state index in [0.717, 1.165) is 42.2 Å². The van der Waals surface area contributed by atoms with E-state index in [-0.39, 0.29) is 114 Å². The summed E-state index contributed by atoms with van der Waals surface area (Å²) in [6.45, 7) is 34.3. The zero-order valence-corrected chi connectivity index (χ0v) is 89.0. The summed E-state index contributed by atoms with van der Waals surface area (Å²) in [6, 6.07) is 43.5. The molecule has 0 radical (unpaired) electrons. The number of nitrogens with zero attached hydrogens (tertiary/aromatic N) is 10. The topological polar surface area (TPSA) is 517 Å². The van der Waals surface area contributed by atoms with E-state index in [0.29, 0.717) is 137 Å². The van der Waals surface area contributed by atoms with Crippen molar-refractivity contribution in [3.8, 4) is 44.5 Å². The number of hydrogen-bond donors (Lipinski definition) is 5. The van der Waals surface area contributed by atoms with Gasteiger partial charge in [-0.25, -0.2) is 0 Å². The first-order valence-corrected chi connectivity index (χ1v) is 50.0. The highest BCUT2D eigenvalue weighted by Crippen LogP contribution is 2.40. The number of aryl methyl sites for hydroxylation is 1. The van der Waals surface area contributed by atoms with Crippen LogP contribution in [0.5, 0.6) is 0 Å². The number of fused-ring (bicyclic) bond motifs is 8. The Labute approximate surface area is 889 Å². The molecule has 8 atom stereocenters. The molecule has 149 heavy (non-hydrogen) atoms. The normalized spacial score (nSPS) is 14.6. The number of hydrogen-bond acceptors (Lipinski definition) is 30. The molecule has 39 heteroatoms. The minimum atomic E-state index is -0.630. The number of nitro benzene ring substituents is 3. The lowest BCUT2D eigenvalue weighted by atomic mass is 9.91. The molecule has 3 amide bonds. The molecule has 782 valence electrons. The van der Waals surface area contributed by atoms with Crippen molar-refractivity contribution in [1.82, 2.24) is 34.9 Å². The molecule has 2 aliphatic rings. The molecule has 9 heterocycles. The van der Waals surface area contributed by atoms with Crippen LogP contribution in [-0.2, 0) is 78.0 Å². The van der Waals surface area contributed by atoms with Crippen LogP contribution in [0.25, 0.3) is 44.5 Å². The molecule has 13 rings (SSSR count). The van der Waals surface area contributed by atoms with Crippen LogP contribution in [-0.4, -0.2) is 143 Å². The van der Waals surface area contributed by atoms with Crippen LogP contribution in [0.15, 0.2) is 277 Å². The first-order valence-electron chi connectivity index (χ1n) is 47.6. The van der Waals surface area contributed by atoms with Gasteiger partial charge in [-0.3, -0.25) is 108 Å².